The second-order valence-electron chi connectivity index (χ2n) is 7.24. The van der Waals surface area contributed by atoms with Crippen molar-refractivity contribution in [3.8, 4) is 11.5 Å². The van der Waals surface area contributed by atoms with E-state index in [1.54, 1.807) is 11.8 Å². The lowest BCUT2D eigenvalue weighted by Gasteiger charge is -2.09. The van der Waals surface area contributed by atoms with Crippen LogP contribution >= 0.6 is 11.8 Å². The maximum atomic E-state index is 5.80. The van der Waals surface area contributed by atoms with E-state index in [1.807, 2.05) is 58.1 Å². The Morgan fingerprint density at radius 1 is 1.19 bits per heavy atom. The molecule has 0 unspecified atom stereocenters. The number of aromatic nitrogens is 2. The molecule has 178 valence electrons. The Labute approximate surface area is 198 Å². The lowest BCUT2D eigenvalue weighted by atomic mass is 10.1. The van der Waals surface area contributed by atoms with Crippen LogP contribution in [-0.2, 0) is 17.0 Å². The minimum Gasteiger partial charge on any atom is -0.497 e. The summed E-state index contributed by atoms with van der Waals surface area (Å²) >= 11 is 1.72. The van der Waals surface area contributed by atoms with Crippen molar-refractivity contribution in [2.75, 3.05) is 39.5 Å². The summed E-state index contributed by atoms with van der Waals surface area (Å²) in [7, 11) is 4.20. The van der Waals surface area contributed by atoms with Crippen LogP contribution in [0.25, 0.3) is 11.5 Å². The molecule has 0 saturated carbocycles. The summed E-state index contributed by atoms with van der Waals surface area (Å²) < 4.78 is 11.4. The number of nitrogens with one attached hydrogen (secondary N) is 1. The van der Waals surface area contributed by atoms with Gasteiger partial charge >= 0.3 is 0 Å². The van der Waals surface area contributed by atoms with E-state index in [-0.39, 0.29) is 0 Å². The topological polar surface area (TPSA) is 63.4 Å². The average molecular weight is 461 g/mol. The number of allylic oxidation sites excluding steroid dienone is 4. The fourth-order valence-electron chi connectivity index (χ4n) is 2.65. The molecule has 0 aliphatic heterocycles. The summed E-state index contributed by atoms with van der Waals surface area (Å²) in [5.41, 5.74) is 2.20. The SMILES string of the molecule is C/C=C\C=C(/C)OCCSCc1nnc(-c2ccc(CNCCCN(C)C)cc2)o1.CC. The Morgan fingerprint density at radius 2 is 1.94 bits per heavy atom. The van der Waals surface area contributed by atoms with Gasteiger partial charge in [0.25, 0.3) is 0 Å². The molecule has 0 spiro atoms. The van der Waals surface area contributed by atoms with Crippen molar-refractivity contribution in [2.24, 2.45) is 0 Å². The van der Waals surface area contributed by atoms with E-state index in [0.29, 0.717) is 24.1 Å². The Balaban J connectivity index is 0.00000249. The van der Waals surface area contributed by atoms with Crippen LogP contribution in [0.5, 0.6) is 0 Å². The van der Waals surface area contributed by atoms with Crippen LogP contribution in [-0.4, -0.2) is 54.6 Å². The normalized spacial score (nSPS) is 11.7. The van der Waals surface area contributed by atoms with Gasteiger partial charge in [-0.3, -0.25) is 0 Å². The maximum absolute atomic E-state index is 5.80. The second-order valence-corrected chi connectivity index (χ2v) is 8.34. The molecule has 0 amide bonds. The van der Waals surface area contributed by atoms with E-state index < -0.39 is 0 Å². The molecule has 0 radical (unpaired) electrons. The van der Waals surface area contributed by atoms with Crippen LogP contribution in [0.4, 0.5) is 0 Å². The number of ether oxygens (including phenoxy) is 1. The van der Waals surface area contributed by atoms with Crippen molar-refractivity contribution in [1.29, 1.82) is 0 Å². The minimum atomic E-state index is 0.567. The summed E-state index contributed by atoms with van der Waals surface area (Å²) in [4.78, 5) is 2.20. The zero-order valence-corrected chi connectivity index (χ0v) is 21.4. The lowest BCUT2D eigenvalue weighted by molar-refractivity contribution is 0.234. The third-order valence-electron chi connectivity index (χ3n) is 4.26. The average Bonchev–Trinajstić information content (AvgIpc) is 3.27. The highest BCUT2D eigenvalue weighted by Gasteiger charge is 2.08. The fourth-order valence-corrected chi connectivity index (χ4v) is 3.28. The summed E-state index contributed by atoms with van der Waals surface area (Å²) in [6.45, 7) is 11.6. The number of benzene rings is 1. The number of rotatable bonds is 14. The molecule has 0 bridgehead atoms. The van der Waals surface area contributed by atoms with Crippen molar-refractivity contribution >= 4 is 11.8 Å². The lowest BCUT2D eigenvalue weighted by Crippen LogP contribution is -2.20. The van der Waals surface area contributed by atoms with Crippen molar-refractivity contribution in [3.05, 3.63) is 59.7 Å². The number of thioether (sulfide) groups is 1. The van der Waals surface area contributed by atoms with Crippen LogP contribution in [0.1, 0.15) is 45.6 Å². The van der Waals surface area contributed by atoms with Crippen LogP contribution in [0, 0.1) is 0 Å². The first-order valence-electron chi connectivity index (χ1n) is 11.4. The highest BCUT2D eigenvalue weighted by atomic mass is 32.2. The number of hydrogen-bond donors (Lipinski definition) is 1. The molecule has 2 rings (SSSR count). The second kappa shape index (κ2) is 17.5. The molecule has 1 heterocycles. The maximum Gasteiger partial charge on any atom is 0.247 e. The van der Waals surface area contributed by atoms with Crippen LogP contribution in [0.3, 0.4) is 0 Å². The minimum absolute atomic E-state index is 0.567. The summed E-state index contributed by atoms with van der Waals surface area (Å²) in [6.07, 6.45) is 7.05. The zero-order valence-electron chi connectivity index (χ0n) is 20.6. The Bertz CT molecular complexity index is 785. The molecule has 2 aromatic rings. The third kappa shape index (κ3) is 12.1. The van der Waals surface area contributed by atoms with Gasteiger partial charge in [0.05, 0.1) is 18.1 Å². The van der Waals surface area contributed by atoms with Gasteiger partial charge in [-0.2, -0.15) is 0 Å². The van der Waals surface area contributed by atoms with E-state index >= 15 is 0 Å². The van der Waals surface area contributed by atoms with Gasteiger partial charge in [-0.25, -0.2) is 0 Å². The van der Waals surface area contributed by atoms with Gasteiger partial charge in [0.1, 0.15) is 0 Å². The molecular weight excluding hydrogens is 420 g/mol. The van der Waals surface area contributed by atoms with E-state index in [0.717, 1.165) is 43.1 Å². The van der Waals surface area contributed by atoms with Crippen molar-refractivity contribution in [3.63, 3.8) is 0 Å². The largest absolute Gasteiger partial charge is 0.497 e. The Morgan fingerprint density at radius 3 is 2.62 bits per heavy atom. The highest BCUT2D eigenvalue weighted by molar-refractivity contribution is 7.98. The van der Waals surface area contributed by atoms with Gasteiger partial charge < -0.3 is 19.4 Å². The van der Waals surface area contributed by atoms with Crippen molar-refractivity contribution in [1.82, 2.24) is 20.4 Å². The molecule has 0 fully saturated rings. The molecule has 6 nitrogen and oxygen atoms in total. The molecule has 7 heteroatoms. The number of hydrogen-bond acceptors (Lipinski definition) is 7. The molecule has 0 atom stereocenters. The Hall–Kier alpha value is -2.09. The van der Waals surface area contributed by atoms with Gasteiger partial charge in [-0.1, -0.05) is 38.1 Å². The van der Waals surface area contributed by atoms with Crippen LogP contribution < -0.4 is 5.32 Å². The van der Waals surface area contributed by atoms with E-state index in [9.17, 15) is 0 Å². The van der Waals surface area contributed by atoms with Crippen LogP contribution in [0.15, 0.2) is 52.7 Å². The molecule has 0 saturated heterocycles. The van der Waals surface area contributed by atoms with Gasteiger partial charge in [0.2, 0.25) is 11.8 Å². The van der Waals surface area contributed by atoms with Crippen molar-refractivity contribution < 1.29 is 9.15 Å². The van der Waals surface area contributed by atoms with E-state index in [2.05, 4.69) is 46.6 Å². The van der Waals surface area contributed by atoms with E-state index in [4.69, 9.17) is 9.15 Å². The smallest absolute Gasteiger partial charge is 0.247 e. The summed E-state index contributed by atoms with van der Waals surface area (Å²) in [5, 5.41) is 11.8. The molecule has 0 aliphatic rings. The number of nitrogens with zero attached hydrogens (tertiary/aromatic N) is 3. The fraction of sp³-hybridized carbons (Fsp3) is 0.520. The monoisotopic (exact) mass is 460 g/mol. The molecule has 0 aliphatic carbocycles. The Kier molecular flexibility index (Phi) is 15.2. The predicted molar refractivity (Wildman–Crippen MR) is 137 cm³/mol. The quantitative estimate of drug-likeness (QED) is 0.226. The first kappa shape index (κ1) is 27.9. The molecule has 32 heavy (non-hydrogen) atoms. The third-order valence-corrected chi connectivity index (χ3v) is 5.17. The molecule has 1 aromatic carbocycles. The molecule has 1 aromatic heterocycles. The van der Waals surface area contributed by atoms with Gasteiger partial charge in [-0.05, 0) is 71.2 Å². The highest BCUT2D eigenvalue weighted by Crippen LogP contribution is 2.20. The molecular formula is C25H40N4O2S. The standard InChI is InChI=1S/C23H34N4O2S.C2H6/c1-5-6-8-19(2)28-15-16-30-18-22-25-26-23(29-22)21-11-9-20(10-12-21)17-24-13-7-14-27(3)4;1-2/h5-6,8-12,24H,7,13-18H2,1-4H3;1-2H3/b6-5-,19-8+;. The van der Waals surface area contributed by atoms with Gasteiger partial charge in [0, 0.05) is 17.9 Å². The van der Waals surface area contributed by atoms with Gasteiger partial charge in [0.15, 0.2) is 0 Å². The molecule has 1 N–H and O–H groups in total. The first-order valence-corrected chi connectivity index (χ1v) is 12.5. The van der Waals surface area contributed by atoms with Crippen LogP contribution in [0.2, 0.25) is 0 Å². The zero-order chi connectivity index (χ0) is 23.6. The summed E-state index contributed by atoms with van der Waals surface area (Å²) in [6, 6.07) is 8.28. The van der Waals surface area contributed by atoms with E-state index in [1.165, 1.54) is 5.56 Å². The first-order chi connectivity index (χ1) is 15.6. The van der Waals surface area contributed by atoms with Crippen molar-refractivity contribution in [2.45, 2.75) is 46.4 Å². The van der Waals surface area contributed by atoms with Gasteiger partial charge in [-0.15, -0.1) is 22.0 Å². The predicted octanol–water partition coefficient (Wildman–Crippen LogP) is 5.53. The summed E-state index contributed by atoms with van der Waals surface area (Å²) in [5.74, 6) is 3.68.